The highest BCUT2D eigenvalue weighted by atomic mass is 16.5. The molecule has 6 heteroatoms. The molecule has 1 aliphatic carbocycles. The molecule has 1 aromatic rings. The highest BCUT2D eigenvalue weighted by molar-refractivity contribution is 5.80. The number of aliphatic hydroxyl groups is 1. The summed E-state index contributed by atoms with van der Waals surface area (Å²) in [6.45, 7) is 2.00. The third-order valence-corrected chi connectivity index (χ3v) is 3.85. The zero-order valence-electron chi connectivity index (χ0n) is 13.3. The van der Waals surface area contributed by atoms with Crippen LogP contribution >= 0.6 is 0 Å². The van der Waals surface area contributed by atoms with Crippen LogP contribution in [0.2, 0.25) is 0 Å². The van der Waals surface area contributed by atoms with Crippen LogP contribution in [0.5, 0.6) is 0 Å². The molecular formula is C16H27N3O3. The Kier molecular flexibility index (Phi) is 7.25. The van der Waals surface area contributed by atoms with Crippen LogP contribution in [0, 0.1) is 0 Å². The topological polar surface area (TPSA) is 79.0 Å². The molecule has 0 aromatic carbocycles. The summed E-state index contributed by atoms with van der Waals surface area (Å²) in [5.41, 5.74) is 0. The third kappa shape index (κ3) is 6.07. The Morgan fingerprint density at radius 3 is 2.91 bits per heavy atom. The van der Waals surface area contributed by atoms with Gasteiger partial charge in [-0.25, -0.2) is 0 Å². The number of nitrogens with zero attached hydrogens (tertiary/aromatic N) is 1. The summed E-state index contributed by atoms with van der Waals surface area (Å²) in [6.07, 6.45) is 6.04. The maximum absolute atomic E-state index is 9.58. The zero-order chi connectivity index (χ0) is 15.6. The van der Waals surface area contributed by atoms with Gasteiger partial charge in [0.25, 0.3) is 0 Å². The van der Waals surface area contributed by atoms with Crippen molar-refractivity contribution < 1.29 is 14.3 Å². The van der Waals surface area contributed by atoms with Crippen molar-refractivity contribution >= 4 is 5.96 Å². The van der Waals surface area contributed by atoms with Crippen molar-refractivity contribution in [3.63, 3.8) is 0 Å². The predicted molar refractivity (Wildman–Crippen MR) is 86.0 cm³/mol. The Hall–Kier alpha value is -1.53. The maximum atomic E-state index is 9.58. The number of nitrogens with one attached hydrogen (secondary N) is 2. The minimum Gasteiger partial charge on any atom is -0.469 e. The molecule has 0 atom stereocenters. The van der Waals surface area contributed by atoms with E-state index in [4.69, 9.17) is 9.15 Å². The second-order valence-corrected chi connectivity index (χ2v) is 5.63. The SMILES string of the molecule is COCCN=C(NCCc1ccco1)NC1CCC(O)CC1. The van der Waals surface area contributed by atoms with Gasteiger partial charge in [-0.15, -0.1) is 0 Å². The summed E-state index contributed by atoms with van der Waals surface area (Å²) in [4.78, 5) is 4.52. The van der Waals surface area contributed by atoms with Crippen LogP contribution < -0.4 is 10.6 Å². The van der Waals surface area contributed by atoms with Crippen molar-refractivity contribution in [1.29, 1.82) is 0 Å². The number of guanidine groups is 1. The lowest BCUT2D eigenvalue weighted by molar-refractivity contribution is 0.120. The summed E-state index contributed by atoms with van der Waals surface area (Å²) in [5.74, 6) is 1.77. The molecule has 6 nitrogen and oxygen atoms in total. The lowest BCUT2D eigenvalue weighted by Crippen LogP contribution is -2.46. The number of methoxy groups -OCH3 is 1. The Morgan fingerprint density at radius 1 is 1.41 bits per heavy atom. The standard InChI is InChI=1S/C16H27N3O3/c1-21-12-10-18-16(17-9-8-15-3-2-11-22-15)19-13-4-6-14(20)7-5-13/h2-3,11,13-14,20H,4-10,12H2,1H3,(H2,17,18,19). The van der Waals surface area contributed by atoms with E-state index < -0.39 is 0 Å². The molecule has 0 spiro atoms. The van der Waals surface area contributed by atoms with Gasteiger partial charge in [0.15, 0.2) is 5.96 Å². The zero-order valence-corrected chi connectivity index (χ0v) is 13.3. The van der Waals surface area contributed by atoms with Gasteiger partial charge in [0.1, 0.15) is 5.76 Å². The van der Waals surface area contributed by atoms with Crippen LogP contribution in [-0.2, 0) is 11.2 Å². The second kappa shape index (κ2) is 9.48. The van der Waals surface area contributed by atoms with Gasteiger partial charge in [-0.2, -0.15) is 0 Å². The van der Waals surface area contributed by atoms with E-state index in [9.17, 15) is 5.11 Å². The van der Waals surface area contributed by atoms with Gasteiger partial charge < -0.3 is 24.9 Å². The molecular weight excluding hydrogens is 282 g/mol. The minimum atomic E-state index is -0.140. The molecule has 0 radical (unpaired) electrons. The minimum absolute atomic E-state index is 0.140. The lowest BCUT2D eigenvalue weighted by atomic mass is 9.93. The number of aliphatic imine (C=N–C) groups is 1. The van der Waals surface area contributed by atoms with Gasteiger partial charge in [0, 0.05) is 26.1 Å². The fourth-order valence-electron chi connectivity index (χ4n) is 2.57. The van der Waals surface area contributed by atoms with Crippen molar-refractivity contribution in [2.75, 3.05) is 26.8 Å². The first-order valence-electron chi connectivity index (χ1n) is 8.02. The van der Waals surface area contributed by atoms with Crippen LogP contribution in [0.1, 0.15) is 31.4 Å². The van der Waals surface area contributed by atoms with Crippen LogP contribution in [-0.4, -0.2) is 50.0 Å². The lowest BCUT2D eigenvalue weighted by Gasteiger charge is -2.27. The Morgan fingerprint density at radius 2 is 2.23 bits per heavy atom. The molecule has 0 bridgehead atoms. The van der Waals surface area contributed by atoms with Crippen LogP contribution in [0.4, 0.5) is 0 Å². The van der Waals surface area contributed by atoms with Crippen molar-refractivity contribution in [1.82, 2.24) is 10.6 Å². The second-order valence-electron chi connectivity index (χ2n) is 5.63. The predicted octanol–water partition coefficient (Wildman–Crippen LogP) is 1.31. The van der Waals surface area contributed by atoms with Gasteiger partial charge in [0.2, 0.25) is 0 Å². The molecule has 2 rings (SSSR count). The Bertz CT molecular complexity index is 426. The molecule has 0 aliphatic heterocycles. The fraction of sp³-hybridized carbons (Fsp3) is 0.688. The average molecular weight is 309 g/mol. The van der Waals surface area contributed by atoms with Crippen molar-refractivity contribution in [2.24, 2.45) is 4.99 Å². The molecule has 1 saturated carbocycles. The van der Waals surface area contributed by atoms with E-state index >= 15 is 0 Å². The fourth-order valence-corrected chi connectivity index (χ4v) is 2.57. The monoisotopic (exact) mass is 309 g/mol. The van der Waals surface area contributed by atoms with E-state index in [1.807, 2.05) is 12.1 Å². The van der Waals surface area contributed by atoms with Crippen molar-refractivity contribution in [3.8, 4) is 0 Å². The van der Waals surface area contributed by atoms with Gasteiger partial charge in [0.05, 0.1) is 25.5 Å². The smallest absolute Gasteiger partial charge is 0.191 e. The molecule has 0 unspecified atom stereocenters. The number of aliphatic hydroxyl groups excluding tert-OH is 1. The van der Waals surface area contributed by atoms with Crippen LogP contribution in [0.25, 0.3) is 0 Å². The number of rotatable bonds is 7. The molecule has 3 N–H and O–H groups in total. The van der Waals surface area contributed by atoms with Gasteiger partial charge in [-0.3, -0.25) is 4.99 Å². The van der Waals surface area contributed by atoms with E-state index in [-0.39, 0.29) is 6.10 Å². The summed E-state index contributed by atoms with van der Waals surface area (Å²) in [6, 6.07) is 4.24. The van der Waals surface area contributed by atoms with E-state index in [0.717, 1.165) is 50.4 Å². The van der Waals surface area contributed by atoms with Crippen LogP contribution in [0.3, 0.4) is 0 Å². The van der Waals surface area contributed by atoms with Gasteiger partial charge in [-0.05, 0) is 37.8 Å². The maximum Gasteiger partial charge on any atom is 0.191 e. The quantitative estimate of drug-likeness (QED) is 0.402. The summed E-state index contributed by atoms with van der Waals surface area (Å²) >= 11 is 0. The van der Waals surface area contributed by atoms with E-state index in [2.05, 4.69) is 15.6 Å². The molecule has 1 aromatic heterocycles. The van der Waals surface area contributed by atoms with E-state index in [1.165, 1.54) is 0 Å². The first-order chi connectivity index (χ1) is 10.8. The van der Waals surface area contributed by atoms with Crippen molar-refractivity contribution in [2.45, 2.75) is 44.2 Å². The number of furan rings is 1. The first-order valence-corrected chi connectivity index (χ1v) is 8.02. The first kappa shape index (κ1) is 16.8. The Balaban J connectivity index is 1.78. The molecule has 22 heavy (non-hydrogen) atoms. The highest BCUT2D eigenvalue weighted by Crippen LogP contribution is 2.18. The number of hydrogen-bond donors (Lipinski definition) is 3. The molecule has 1 aliphatic rings. The van der Waals surface area contributed by atoms with Crippen LogP contribution in [0.15, 0.2) is 27.8 Å². The average Bonchev–Trinajstić information content (AvgIpc) is 3.03. The Labute approximate surface area is 132 Å². The molecule has 1 fully saturated rings. The molecule has 0 saturated heterocycles. The molecule has 1 heterocycles. The van der Waals surface area contributed by atoms with E-state index in [0.29, 0.717) is 19.2 Å². The summed E-state index contributed by atoms with van der Waals surface area (Å²) in [5, 5.41) is 16.4. The highest BCUT2D eigenvalue weighted by Gasteiger charge is 2.20. The molecule has 0 amide bonds. The van der Waals surface area contributed by atoms with Gasteiger partial charge in [-0.1, -0.05) is 0 Å². The van der Waals surface area contributed by atoms with Gasteiger partial charge >= 0.3 is 0 Å². The van der Waals surface area contributed by atoms with Crippen molar-refractivity contribution in [3.05, 3.63) is 24.2 Å². The molecule has 124 valence electrons. The normalized spacial score (nSPS) is 22.5. The summed E-state index contributed by atoms with van der Waals surface area (Å²) in [7, 11) is 1.68. The van der Waals surface area contributed by atoms with E-state index in [1.54, 1.807) is 13.4 Å². The largest absolute Gasteiger partial charge is 0.469 e. The third-order valence-electron chi connectivity index (χ3n) is 3.85. The summed E-state index contributed by atoms with van der Waals surface area (Å²) < 4.78 is 10.4. The number of ether oxygens (including phenoxy) is 1. The number of hydrogen-bond acceptors (Lipinski definition) is 4.